The largest absolute Gasteiger partial charge is 0.466 e. The maximum atomic E-state index is 12.5. The summed E-state index contributed by atoms with van der Waals surface area (Å²) in [6, 6.07) is -0.544. The third kappa shape index (κ3) is 49.8. The Hall–Kier alpha value is -1.66. The van der Waals surface area contributed by atoms with Gasteiger partial charge in [-0.1, -0.05) is 263 Å². The molecule has 0 aliphatic heterocycles. The number of carbonyl (C=O) groups is 2. The highest BCUT2D eigenvalue weighted by atomic mass is 16.5. The SMILES string of the molecule is CCCCCC/C=C\C/C=C\CCCCCCCC(=O)OCCCCCCCCCCCCCCCCCCCCC(=O)NC(CO)C(O)CCCCCCCCCCCCCCC. The van der Waals surface area contributed by atoms with Crippen molar-refractivity contribution in [1.29, 1.82) is 0 Å². The number of amides is 1. The van der Waals surface area contributed by atoms with E-state index in [1.165, 1.54) is 225 Å². The summed E-state index contributed by atoms with van der Waals surface area (Å²) in [6.07, 6.45) is 64.5. The van der Waals surface area contributed by atoms with Gasteiger partial charge in [0.05, 0.1) is 25.4 Å². The fourth-order valence-electron chi connectivity index (χ4n) is 8.85. The van der Waals surface area contributed by atoms with E-state index in [0.717, 1.165) is 51.4 Å². The molecule has 0 bridgehead atoms. The van der Waals surface area contributed by atoms with Crippen LogP contribution in [0.15, 0.2) is 24.3 Å². The minimum absolute atomic E-state index is 0.00597. The lowest BCUT2D eigenvalue weighted by Gasteiger charge is -2.22. The number of hydrogen-bond donors (Lipinski definition) is 3. The van der Waals surface area contributed by atoms with Gasteiger partial charge in [-0.3, -0.25) is 9.59 Å². The normalized spacial score (nSPS) is 12.8. The van der Waals surface area contributed by atoms with Crippen molar-refractivity contribution >= 4 is 11.9 Å². The van der Waals surface area contributed by atoms with Crippen molar-refractivity contribution in [2.75, 3.05) is 13.2 Å². The molecule has 0 spiro atoms. The Morgan fingerprint density at radius 1 is 0.438 bits per heavy atom. The molecule has 0 heterocycles. The van der Waals surface area contributed by atoms with Gasteiger partial charge in [-0.2, -0.15) is 0 Å². The molecule has 0 rings (SSSR count). The van der Waals surface area contributed by atoms with Crippen LogP contribution in [0, 0.1) is 0 Å². The molecule has 64 heavy (non-hydrogen) atoms. The summed E-state index contributed by atoms with van der Waals surface area (Å²) in [6.45, 7) is 4.93. The van der Waals surface area contributed by atoms with Crippen molar-refractivity contribution in [1.82, 2.24) is 5.32 Å². The molecule has 0 radical (unpaired) electrons. The van der Waals surface area contributed by atoms with E-state index >= 15 is 0 Å². The summed E-state index contributed by atoms with van der Waals surface area (Å²) < 4.78 is 5.47. The fraction of sp³-hybridized carbons (Fsp3) is 0.897. The number of nitrogens with one attached hydrogen (secondary N) is 1. The van der Waals surface area contributed by atoms with Gasteiger partial charge in [0, 0.05) is 12.8 Å². The van der Waals surface area contributed by atoms with Crippen LogP contribution in [0.1, 0.15) is 309 Å². The highest BCUT2D eigenvalue weighted by molar-refractivity contribution is 5.76. The van der Waals surface area contributed by atoms with Crippen molar-refractivity contribution < 1.29 is 24.5 Å². The maximum absolute atomic E-state index is 12.5. The molecule has 0 saturated carbocycles. The van der Waals surface area contributed by atoms with Gasteiger partial charge in [0.2, 0.25) is 5.91 Å². The van der Waals surface area contributed by atoms with E-state index < -0.39 is 12.1 Å². The van der Waals surface area contributed by atoms with Gasteiger partial charge in [-0.05, 0) is 57.8 Å². The Balaban J connectivity index is 3.40. The second-order valence-electron chi connectivity index (χ2n) is 19.6. The van der Waals surface area contributed by atoms with Crippen molar-refractivity contribution in [3.63, 3.8) is 0 Å². The molecule has 0 fully saturated rings. The van der Waals surface area contributed by atoms with Crippen LogP contribution in [0.25, 0.3) is 0 Å². The number of esters is 1. The summed E-state index contributed by atoms with van der Waals surface area (Å²) in [4.78, 5) is 24.5. The predicted molar refractivity (Wildman–Crippen MR) is 278 cm³/mol. The molecule has 0 aromatic rings. The number of unbranched alkanes of at least 4 members (excludes halogenated alkanes) is 38. The van der Waals surface area contributed by atoms with E-state index in [9.17, 15) is 19.8 Å². The van der Waals surface area contributed by atoms with E-state index in [1.807, 2.05) is 0 Å². The van der Waals surface area contributed by atoms with Gasteiger partial charge in [-0.15, -0.1) is 0 Å². The van der Waals surface area contributed by atoms with Crippen molar-refractivity contribution in [3.05, 3.63) is 24.3 Å². The number of rotatable bonds is 53. The molecular formula is C58H111NO5. The summed E-state index contributed by atoms with van der Waals surface area (Å²) in [5.74, 6) is -0.0448. The van der Waals surface area contributed by atoms with Crippen LogP contribution >= 0.6 is 0 Å². The lowest BCUT2D eigenvalue weighted by atomic mass is 10.0. The number of hydrogen-bond acceptors (Lipinski definition) is 5. The standard InChI is InChI=1S/C58H111NO5/c1-3-5-7-9-11-13-15-17-18-24-28-32-36-40-44-48-52-58(63)64-53-49-45-41-37-33-29-25-22-20-19-21-23-27-31-35-39-43-47-51-57(62)59-55(54-60)56(61)50-46-42-38-34-30-26-16-14-12-10-8-6-4-2/h13,15,18,24,55-56,60-61H,3-12,14,16-17,19-23,25-54H2,1-2H3,(H,59,62)/b15-13-,24-18-. The van der Waals surface area contributed by atoms with E-state index in [4.69, 9.17) is 4.74 Å². The first-order valence-corrected chi connectivity index (χ1v) is 28.6. The van der Waals surface area contributed by atoms with Crippen LogP contribution in [0.5, 0.6) is 0 Å². The minimum atomic E-state index is -0.666. The van der Waals surface area contributed by atoms with Crippen molar-refractivity contribution in [2.24, 2.45) is 0 Å². The average molecular weight is 903 g/mol. The molecule has 6 nitrogen and oxygen atoms in total. The molecule has 2 atom stereocenters. The lowest BCUT2D eigenvalue weighted by Crippen LogP contribution is -2.45. The zero-order chi connectivity index (χ0) is 46.5. The van der Waals surface area contributed by atoms with Gasteiger partial charge in [0.1, 0.15) is 0 Å². The number of aliphatic hydroxyl groups excluding tert-OH is 2. The Kier molecular flexibility index (Phi) is 52.6. The van der Waals surface area contributed by atoms with Crippen LogP contribution in [0.4, 0.5) is 0 Å². The van der Waals surface area contributed by atoms with Crippen LogP contribution in [0.2, 0.25) is 0 Å². The van der Waals surface area contributed by atoms with E-state index in [1.54, 1.807) is 0 Å². The zero-order valence-corrected chi connectivity index (χ0v) is 43.0. The van der Waals surface area contributed by atoms with Gasteiger partial charge in [-0.25, -0.2) is 0 Å². The van der Waals surface area contributed by atoms with E-state index in [0.29, 0.717) is 25.9 Å². The molecule has 0 aromatic heterocycles. The monoisotopic (exact) mass is 902 g/mol. The summed E-state index contributed by atoms with van der Waals surface area (Å²) in [7, 11) is 0. The Labute approximate surface area is 399 Å². The molecule has 0 saturated heterocycles. The van der Waals surface area contributed by atoms with Crippen molar-refractivity contribution in [2.45, 2.75) is 321 Å². The first-order chi connectivity index (χ1) is 31.5. The van der Waals surface area contributed by atoms with Gasteiger partial charge in [0.25, 0.3) is 0 Å². The van der Waals surface area contributed by atoms with E-state index in [2.05, 4.69) is 43.5 Å². The van der Waals surface area contributed by atoms with Gasteiger partial charge in [0.15, 0.2) is 0 Å². The molecule has 6 heteroatoms. The number of carbonyl (C=O) groups excluding carboxylic acids is 2. The van der Waals surface area contributed by atoms with Crippen LogP contribution in [0.3, 0.4) is 0 Å². The highest BCUT2D eigenvalue weighted by Crippen LogP contribution is 2.17. The lowest BCUT2D eigenvalue weighted by molar-refractivity contribution is -0.143. The molecule has 0 aliphatic carbocycles. The third-order valence-corrected chi connectivity index (χ3v) is 13.3. The van der Waals surface area contributed by atoms with Crippen molar-refractivity contribution in [3.8, 4) is 0 Å². The number of aliphatic hydroxyl groups is 2. The van der Waals surface area contributed by atoms with E-state index in [-0.39, 0.29) is 18.5 Å². The first-order valence-electron chi connectivity index (χ1n) is 28.6. The number of allylic oxidation sites excluding steroid dienone is 4. The Morgan fingerprint density at radius 3 is 1.20 bits per heavy atom. The average Bonchev–Trinajstić information content (AvgIpc) is 3.29. The van der Waals surface area contributed by atoms with Gasteiger partial charge < -0.3 is 20.3 Å². The molecule has 3 N–H and O–H groups in total. The predicted octanol–water partition coefficient (Wildman–Crippen LogP) is 17.5. The summed E-state index contributed by atoms with van der Waals surface area (Å²) in [5.41, 5.74) is 0. The van der Waals surface area contributed by atoms with Crippen LogP contribution < -0.4 is 5.32 Å². The molecular weight excluding hydrogens is 791 g/mol. The molecule has 0 aromatic carbocycles. The Bertz CT molecular complexity index is 997. The van der Waals surface area contributed by atoms with Crippen LogP contribution in [-0.4, -0.2) is 47.4 Å². The third-order valence-electron chi connectivity index (χ3n) is 13.3. The zero-order valence-electron chi connectivity index (χ0n) is 43.0. The summed E-state index contributed by atoms with van der Waals surface area (Å²) in [5, 5.41) is 23.2. The molecule has 1 amide bonds. The van der Waals surface area contributed by atoms with Gasteiger partial charge >= 0.3 is 5.97 Å². The smallest absolute Gasteiger partial charge is 0.305 e. The van der Waals surface area contributed by atoms with Crippen LogP contribution in [-0.2, 0) is 14.3 Å². The second kappa shape index (κ2) is 54.0. The minimum Gasteiger partial charge on any atom is -0.466 e. The molecule has 0 aliphatic rings. The molecule has 2 unspecified atom stereocenters. The quantitative estimate of drug-likeness (QED) is 0.0321. The number of ether oxygens (including phenoxy) is 1. The second-order valence-corrected chi connectivity index (χ2v) is 19.6. The summed E-state index contributed by atoms with van der Waals surface area (Å²) >= 11 is 0. The highest BCUT2D eigenvalue weighted by Gasteiger charge is 2.20. The maximum Gasteiger partial charge on any atom is 0.305 e. The molecule has 378 valence electrons. The topological polar surface area (TPSA) is 95.9 Å². The Morgan fingerprint density at radius 2 is 0.781 bits per heavy atom. The first kappa shape index (κ1) is 62.3. The fourth-order valence-corrected chi connectivity index (χ4v) is 8.85.